The van der Waals surface area contributed by atoms with Crippen LogP contribution in [0.1, 0.15) is 16.8 Å². The SMILES string of the molecule is Cc1cc(C)cc(N(C)c2cc(C)nc(Cl)n2)c1. The predicted octanol–water partition coefficient (Wildman–Crippen LogP) is 3.82. The monoisotopic (exact) mass is 261 g/mol. The predicted molar refractivity (Wildman–Crippen MR) is 75.8 cm³/mol. The van der Waals surface area contributed by atoms with E-state index in [9.17, 15) is 0 Å². The molecule has 0 aliphatic rings. The van der Waals surface area contributed by atoms with E-state index in [0.29, 0.717) is 0 Å². The zero-order valence-corrected chi connectivity index (χ0v) is 11.8. The van der Waals surface area contributed by atoms with Gasteiger partial charge in [-0.05, 0) is 55.6 Å². The molecule has 94 valence electrons. The molecule has 0 atom stereocenters. The Morgan fingerprint density at radius 3 is 2.11 bits per heavy atom. The van der Waals surface area contributed by atoms with Gasteiger partial charge in [0.15, 0.2) is 0 Å². The molecule has 0 bridgehead atoms. The number of hydrogen-bond acceptors (Lipinski definition) is 3. The smallest absolute Gasteiger partial charge is 0.224 e. The zero-order chi connectivity index (χ0) is 13.3. The molecule has 4 heteroatoms. The lowest BCUT2D eigenvalue weighted by Crippen LogP contribution is -2.12. The van der Waals surface area contributed by atoms with Crippen molar-refractivity contribution in [1.29, 1.82) is 0 Å². The lowest BCUT2D eigenvalue weighted by Gasteiger charge is -2.19. The van der Waals surface area contributed by atoms with Gasteiger partial charge in [0.1, 0.15) is 5.82 Å². The van der Waals surface area contributed by atoms with E-state index in [1.807, 2.05) is 24.9 Å². The second-order valence-electron chi connectivity index (χ2n) is 4.54. The van der Waals surface area contributed by atoms with Gasteiger partial charge in [-0.15, -0.1) is 0 Å². The van der Waals surface area contributed by atoms with Gasteiger partial charge in [0.25, 0.3) is 0 Å². The molecule has 0 amide bonds. The number of halogens is 1. The first-order valence-corrected chi connectivity index (χ1v) is 6.17. The van der Waals surface area contributed by atoms with Crippen molar-refractivity contribution in [2.75, 3.05) is 11.9 Å². The van der Waals surface area contributed by atoms with Crippen molar-refractivity contribution >= 4 is 23.1 Å². The third-order valence-electron chi connectivity index (χ3n) is 2.75. The number of benzene rings is 1. The van der Waals surface area contributed by atoms with Crippen molar-refractivity contribution in [3.63, 3.8) is 0 Å². The standard InChI is InChI=1S/C14H16ClN3/c1-9-5-10(2)7-12(6-9)18(4)13-8-11(3)16-14(15)17-13/h5-8H,1-4H3. The topological polar surface area (TPSA) is 29.0 Å². The van der Waals surface area contributed by atoms with Crippen LogP contribution in [0.2, 0.25) is 5.28 Å². The van der Waals surface area contributed by atoms with Crippen LogP contribution in [0, 0.1) is 20.8 Å². The van der Waals surface area contributed by atoms with E-state index in [1.165, 1.54) is 11.1 Å². The Bertz CT molecular complexity index is 489. The zero-order valence-electron chi connectivity index (χ0n) is 11.0. The molecule has 0 saturated heterocycles. The lowest BCUT2D eigenvalue weighted by molar-refractivity contribution is 1.04. The maximum Gasteiger partial charge on any atom is 0.224 e. The molecule has 0 aliphatic carbocycles. The van der Waals surface area contributed by atoms with Crippen molar-refractivity contribution in [1.82, 2.24) is 9.97 Å². The van der Waals surface area contributed by atoms with Crippen LogP contribution in [0.4, 0.5) is 11.5 Å². The number of rotatable bonds is 2. The van der Waals surface area contributed by atoms with Crippen LogP contribution < -0.4 is 4.90 Å². The summed E-state index contributed by atoms with van der Waals surface area (Å²) in [5.41, 5.74) is 4.42. The summed E-state index contributed by atoms with van der Waals surface area (Å²) in [5, 5.41) is 0.279. The van der Waals surface area contributed by atoms with E-state index >= 15 is 0 Å². The van der Waals surface area contributed by atoms with E-state index in [1.54, 1.807) is 0 Å². The van der Waals surface area contributed by atoms with Gasteiger partial charge in [-0.25, -0.2) is 9.97 Å². The number of nitrogens with zero attached hydrogens (tertiary/aromatic N) is 3. The second-order valence-corrected chi connectivity index (χ2v) is 4.88. The molecule has 2 rings (SSSR count). The highest BCUT2D eigenvalue weighted by Crippen LogP contribution is 2.25. The molecule has 1 aromatic carbocycles. The van der Waals surface area contributed by atoms with Crippen LogP contribution in [0.5, 0.6) is 0 Å². The molecule has 0 fully saturated rings. The lowest BCUT2D eigenvalue weighted by atomic mass is 10.1. The highest BCUT2D eigenvalue weighted by Gasteiger charge is 2.08. The van der Waals surface area contributed by atoms with E-state index in [2.05, 4.69) is 42.0 Å². The van der Waals surface area contributed by atoms with Crippen LogP contribution >= 0.6 is 11.6 Å². The van der Waals surface area contributed by atoms with Crippen LogP contribution in [-0.4, -0.2) is 17.0 Å². The Kier molecular flexibility index (Phi) is 3.53. The summed E-state index contributed by atoms with van der Waals surface area (Å²) in [6.45, 7) is 6.08. The summed E-state index contributed by atoms with van der Waals surface area (Å²) in [6, 6.07) is 8.32. The summed E-state index contributed by atoms with van der Waals surface area (Å²) in [7, 11) is 1.98. The molecule has 0 radical (unpaired) electrons. The second kappa shape index (κ2) is 4.94. The average molecular weight is 262 g/mol. The minimum atomic E-state index is 0.279. The van der Waals surface area contributed by atoms with Crippen LogP contribution in [0.15, 0.2) is 24.3 Å². The molecule has 1 heterocycles. The summed E-state index contributed by atoms with van der Waals surface area (Å²) in [5.74, 6) is 0.803. The van der Waals surface area contributed by atoms with Gasteiger partial charge in [0.05, 0.1) is 0 Å². The minimum Gasteiger partial charge on any atom is -0.329 e. The number of aromatic nitrogens is 2. The molecule has 0 spiro atoms. The van der Waals surface area contributed by atoms with Gasteiger partial charge >= 0.3 is 0 Å². The Morgan fingerprint density at radius 1 is 0.944 bits per heavy atom. The van der Waals surface area contributed by atoms with Gasteiger partial charge in [-0.2, -0.15) is 0 Å². The van der Waals surface area contributed by atoms with Crippen molar-refractivity contribution in [3.05, 3.63) is 46.4 Å². The third kappa shape index (κ3) is 2.79. The molecule has 3 nitrogen and oxygen atoms in total. The first kappa shape index (κ1) is 12.8. The fourth-order valence-electron chi connectivity index (χ4n) is 1.96. The maximum absolute atomic E-state index is 5.90. The van der Waals surface area contributed by atoms with Gasteiger partial charge in [-0.1, -0.05) is 6.07 Å². The Morgan fingerprint density at radius 2 is 1.56 bits per heavy atom. The summed E-state index contributed by atoms with van der Waals surface area (Å²) in [4.78, 5) is 10.3. The van der Waals surface area contributed by atoms with Crippen molar-refractivity contribution in [3.8, 4) is 0 Å². The van der Waals surface area contributed by atoms with E-state index in [-0.39, 0.29) is 5.28 Å². The molecule has 0 N–H and O–H groups in total. The normalized spacial score (nSPS) is 10.5. The largest absolute Gasteiger partial charge is 0.329 e. The molecule has 0 saturated carbocycles. The van der Waals surface area contributed by atoms with Gasteiger partial charge in [0, 0.05) is 24.5 Å². The summed E-state index contributed by atoms with van der Waals surface area (Å²) >= 11 is 5.90. The van der Waals surface area contributed by atoms with Crippen LogP contribution in [-0.2, 0) is 0 Å². The van der Waals surface area contributed by atoms with E-state index in [4.69, 9.17) is 11.6 Å². The maximum atomic E-state index is 5.90. The first-order chi connectivity index (χ1) is 8.45. The average Bonchev–Trinajstić information content (AvgIpc) is 2.25. The summed E-state index contributed by atoms with van der Waals surface area (Å²) < 4.78 is 0. The Balaban J connectivity index is 2.43. The molecular formula is C14H16ClN3. The van der Waals surface area contributed by atoms with Crippen molar-refractivity contribution < 1.29 is 0 Å². The Labute approximate surface area is 112 Å². The molecule has 2 aromatic rings. The quantitative estimate of drug-likeness (QED) is 0.770. The van der Waals surface area contributed by atoms with Crippen molar-refractivity contribution in [2.45, 2.75) is 20.8 Å². The summed E-state index contributed by atoms with van der Waals surface area (Å²) in [6.07, 6.45) is 0. The van der Waals surface area contributed by atoms with Crippen LogP contribution in [0.25, 0.3) is 0 Å². The highest BCUT2D eigenvalue weighted by molar-refractivity contribution is 6.28. The minimum absolute atomic E-state index is 0.279. The third-order valence-corrected chi connectivity index (χ3v) is 2.92. The first-order valence-electron chi connectivity index (χ1n) is 5.79. The Hall–Kier alpha value is -1.61. The van der Waals surface area contributed by atoms with Crippen LogP contribution in [0.3, 0.4) is 0 Å². The molecule has 1 aromatic heterocycles. The highest BCUT2D eigenvalue weighted by atomic mass is 35.5. The fraction of sp³-hybridized carbons (Fsp3) is 0.286. The number of aryl methyl sites for hydroxylation is 3. The number of hydrogen-bond donors (Lipinski definition) is 0. The molecular weight excluding hydrogens is 246 g/mol. The molecule has 0 aliphatic heterocycles. The fourth-order valence-corrected chi connectivity index (χ4v) is 2.18. The van der Waals surface area contributed by atoms with Gasteiger partial charge in [-0.3, -0.25) is 0 Å². The van der Waals surface area contributed by atoms with Crippen molar-refractivity contribution in [2.24, 2.45) is 0 Å². The number of anilines is 2. The van der Waals surface area contributed by atoms with E-state index < -0.39 is 0 Å². The molecule has 18 heavy (non-hydrogen) atoms. The van der Waals surface area contributed by atoms with E-state index in [0.717, 1.165) is 17.2 Å². The van der Waals surface area contributed by atoms with Gasteiger partial charge in [0.2, 0.25) is 5.28 Å². The van der Waals surface area contributed by atoms with Gasteiger partial charge < -0.3 is 4.90 Å². The molecule has 0 unspecified atom stereocenters.